The van der Waals surface area contributed by atoms with E-state index < -0.39 is 0 Å². The number of carbonyl (C=O) groups excluding carboxylic acids is 2. The highest BCUT2D eigenvalue weighted by Crippen LogP contribution is 2.53. The van der Waals surface area contributed by atoms with Crippen molar-refractivity contribution in [2.45, 2.75) is 38.1 Å². The van der Waals surface area contributed by atoms with Gasteiger partial charge >= 0.3 is 5.97 Å². The Bertz CT molecular complexity index is 848. The van der Waals surface area contributed by atoms with Gasteiger partial charge in [-0.05, 0) is 50.2 Å². The summed E-state index contributed by atoms with van der Waals surface area (Å²) in [6.45, 7) is 4.15. The molecular weight excluding hydrogens is 364 g/mol. The molecule has 1 N–H and O–H groups in total. The summed E-state index contributed by atoms with van der Waals surface area (Å²) in [6, 6.07) is 18.0. The number of nitrogens with zero attached hydrogens (tertiary/aromatic N) is 1. The van der Waals surface area contributed by atoms with Gasteiger partial charge in [0.25, 0.3) is 0 Å². The van der Waals surface area contributed by atoms with Crippen molar-refractivity contribution in [1.29, 1.82) is 0 Å². The van der Waals surface area contributed by atoms with Crippen LogP contribution in [-0.4, -0.2) is 43.5 Å². The van der Waals surface area contributed by atoms with E-state index in [9.17, 15) is 9.59 Å². The number of esters is 1. The number of carbonyl (C=O) groups is 2. The molecule has 0 aliphatic heterocycles. The molecule has 2 aromatic rings. The molecule has 1 aliphatic rings. The molecule has 0 saturated heterocycles. The van der Waals surface area contributed by atoms with Crippen LogP contribution in [0.25, 0.3) is 0 Å². The summed E-state index contributed by atoms with van der Waals surface area (Å²) in [5.41, 5.74) is 2.32. The molecule has 0 bridgehead atoms. The van der Waals surface area contributed by atoms with Gasteiger partial charge in [0.2, 0.25) is 5.91 Å². The normalized spacial score (nSPS) is 21.5. The first-order valence-corrected chi connectivity index (χ1v) is 10.1. The summed E-state index contributed by atoms with van der Waals surface area (Å²) in [6.07, 6.45) is 1.70. The third-order valence-electron chi connectivity index (χ3n) is 5.89. The van der Waals surface area contributed by atoms with Crippen LogP contribution in [0.5, 0.6) is 5.75 Å². The number of nitrogens with one attached hydrogen (secondary N) is 1. The van der Waals surface area contributed by atoms with Gasteiger partial charge in [0, 0.05) is 30.8 Å². The molecule has 1 aliphatic carbocycles. The lowest BCUT2D eigenvalue weighted by atomic mass is 9.95. The highest BCUT2D eigenvalue weighted by Gasteiger charge is 2.55. The molecule has 0 unspecified atom stereocenters. The predicted molar refractivity (Wildman–Crippen MR) is 114 cm³/mol. The number of hydrogen-bond acceptors (Lipinski definition) is 4. The first-order chi connectivity index (χ1) is 13.8. The van der Waals surface area contributed by atoms with Crippen LogP contribution < -0.4 is 10.1 Å². The van der Waals surface area contributed by atoms with Crippen LogP contribution in [0.4, 0.5) is 0 Å². The Morgan fingerprint density at radius 3 is 2.38 bits per heavy atom. The molecule has 0 heterocycles. The third-order valence-corrected chi connectivity index (χ3v) is 5.89. The third kappa shape index (κ3) is 5.24. The maximum atomic E-state index is 12.7. The zero-order valence-corrected chi connectivity index (χ0v) is 17.6. The Kier molecular flexibility index (Phi) is 6.38. The maximum absolute atomic E-state index is 12.7. The number of hydrogen-bond donors (Lipinski definition) is 1. The fourth-order valence-electron chi connectivity index (χ4n) is 3.80. The van der Waals surface area contributed by atoms with E-state index in [1.165, 1.54) is 12.5 Å². The van der Waals surface area contributed by atoms with Crippen LogP contribution in [0.15, 0.2) is 54.6 Å². The van der Waals surface area contributed by atoms with E-state index in [0.29, 0.717) is 12.3 Å². The Morgan fingerprint density at radius 2 is 1.79 bits per heavy atom. The average molecular weight is 395 g/mol. The van der Waals surface area contributed by atoms with Gasteiger partial charge in [-0.15, -0.1) is 0 Å². The maximum Gasteiger partial charge on any atom is 0.308 e. The van der Waals surface area contributed by atoms with Gasteiger partial charge in [0.15, 0.2) is 0 Å². The SMILES string of the molecule is CC(=O)Oc1ccc(C[C@@H](CNC(=O)[C@@H]2C[C@@]2(C)c2ccccc2)N(C)C)cc1. The molecule has 29 heavy (non-hydrogen) atoms. The molecule has 3 atom stereocenters. The van der Waals surface area contributed by atoms with Gasteiger partial charge in [-0.3, -0.25) is 9.59 Å². The van der Waals surface area contributed by atoms with Crippen molar-refractivity contribution in [2.75, 3.05) is 20.6 Å². The lowest BCUT2D eigenvalue weighted by molar-refractivity contribution is -0.131. The van der Waals surface area contributed by atoms with E-state index in [4.69, 9.17) is 4.74 Å². The minimum atomic E-state index is -0.325. The molecule has 1 fully saturated rings. The van der Waals surface area contributed by atoms with Gasteiger partial charge < -0.3 is 15.0 Å². The van der Waals surface area contributed by atoms with Crippen molar-refractivity contribution in [2.24, 2.45) is 5.92 Å². The van der Waals surface area contributed by atoms with E-state index in [-0.39, 0.29) is 29.3 Å². The predicted octanol–water partition coefficient (Wildman–Crippen LogP) is 3.18. The average Bonchev–Trinajstić information content (AvgIpc) is 3.39. The van der Waals surface area contributed by atoms with E-state index >= 15 is 0 Å². The minimum Gasteiger partial charge on any atom is -0.427 e. The molecule has 0 aromatic heterocycles. The van der Waals surface area contributed by atoms with Crippen molar-refractivity contribution < 1.29 is 14.3 Å². The van der Waals surface area contributed by atoms with E-state index in [0.717, 1.165) is 18.4 Å². The minimum absolute atomic E-state index is 0.0377. The first kappa shape index (κ1) is 21.1. The molecule has 5 heteroatoms. The Morgan fingerprint density at radius 1 is 1.14 bits per heavy atom. The quantitative estimate of drug-likeness (QED) is 0.552. The second-order valence-corrected chi connectivity index (χ2v) is 8.34. The number of amides is 1. The van der Waals surface area contributed by atoms with Crippen LogP contribution in [0.3, 0.4) is 0 Å². The Balaban J connectivity index is 1.55. The lowest BCUT2D eigenvalue weighted by Crippen LogP contribution is -2.42. The first-order valence-electron chi connectivity index (χ1n) is 10.1. The van der Waals surface area contributed by atoms with Crippen molar-refractivity contribution in [3.63, 3.8) is 0 Å². The van der Waals surface area contributed by atoms with E-state index in [2.05, 4.69) is 29.3 Å². The molecular formula is C24H30N2O3. The van der Waals surface area contributed by atoms with Crippen LogP contribution >= 0.6 is 0 Å². The standard InChI is InChI=1S/C24H30N2O3/c1-17(27)29-21-12-10-18(11-13-21)14-20(26(3)4)16-25-23(28)22-15-24(22,2)19-8-6-5-7-9-19/h5-13,20,22H,14-16H2,1-4H3,(H,25,28)/t20-,22-,24-/m0/s1. The Labute approximate surface area is 173 Å². The Hall–Kier alpha value is -2.66. The van der Waals surface area contributed by atoms with E-state index in [1.807, 2.05) is 44.4 Å². The van der Waals surface area contributed by atoms with Gasteiger partial charge in [0.05, 0.1) is 0 Å². The van der Waals surface area contributed by atoms with E-state index in [1.54, 1.807) is 12.1 Å². The second-order valence-electron chi connectivity index (χ2n) is 8.34. The summed E-state index contributed by atoms with van der Waals surface area (Å²) >= 11 is 0. The molecule has 0 radical (unpaired) electrons. The summed E-state index contributed by atoms with van der Waals surface area (Å²) in [5.74, 6) is 0.392. The highest BCUT2D eigenvalue weighted by atomic mass is 16.5. The van der Waals surface area contributed by atoms with Gasteiger partial charge in [-0.1, -0.05) is 49.4 Å². The number of benzene rings is 2. The lowest BCUT2D eigenvalue weighted by Gasteiger charge is -2.25. The van der Waals surface area contributed by atoms with Crippen LogP contribution in [0, 0.1) is 5.92 Å². The van der Waals surface area contributed by atoms with Gasteiger partial charge in [-0.2, -0.15) is 0 Å². The molecule has 5 nitrogen and oxygen atoms in total. The highest BCUT2D eigenvalue weighted by molar-refractivity contribution is 5.84. The zero-order valence-electron chi connectivity index (χ0n) is 17.6. The fraction of sp³-hybridized carbons (Fsp3) is 0.417. The van der Waals surface area contributed by atoms with Crippen LogP contribution in [0.2, 0.25) is 0 Å². The van der Waals surface area contributed by atoms with Gasteiger partial charge in [-0.25, -0.2) is 0 Å². The van der Waals surface area contributed by atoms with Crippen molar-refractivity contribution >= 4 is 11.9 Å². The summed E-state index contributed by atoms with van der Waals surface area (Å²) in [5, 5.41) is 3.16. The monoisotopic (exact) mass is 394 g/mol. The zero-order chi connectivity index (χ0) is 21.0. The fourth-order valence-corrected chi connectivity index (χ4v) is 3.80. The number of rotatable bonds is 8. The topological polar surface area (TPSA) is 58.6 Å². The molecule has 2 aromatic carbocycles. The largest absolute Gasteiger partial charge is 0.427 e. The summed E-state index contributed by atoms with van der Waals surface area (Å²) < 4.78 is 5.08. The molecule has 1 amide bonds. The molecule has 0 spiro atoms. The van der Waals surface area contributed by atoms with Crippen molar-refractivity contribution in [3.05, 3.63) is 65.7 Å². The van der Waals surface area contributed by atoms with Crippen LogP contribution in [0.1, 0.15) is 31.4 Å². The smallest absolute Gasteiger partial charge is 0.308 e. The summed E-state index contributed by atoms with van der Waals surface area (Å²) in [7, 11) is 4.05. The van der Waals surface area contributed by atoms with Gasteiger partial charge in [0.1, 0.15) is 5.75 Å². The second kappa shape index (κ2) is 8.78. The molecule has 3 rings (SSSR count). The number of likely N-dealkylation sites (N-methyl/N-ethyl adjacent to an activating group) is 1. The molecule has 1 saturated carbocycles. The van der Waals surface area contributed by atoms with Crippen LogP contribution in [-0.2, 0) is 21.4 Å². The van der Waals surface area contributed by atoms with Crippen molar-refractivity contribution in [1.82, 2.24) is 10.2 Å². The number of ether oxygens (including phenoxy) is 1. The molecule has 154 valence electrons. The summed E-state index contributed by atoms with van der Waals surface area (Å²) in [4.78, 5) is 25.9. The van der Waals surface area contributed by atoms with Crippen molar-refractivity contribution in [3.8, 4) is 5.75 Å².